The van der Waals surface area contributed by atoms with Crippen LogP contribution in [-0.4, -0.2) is 14.3 Å². The zero-order valence-electron chi connectivity index (χ0n) is 10.2. The van der Waals surface area contributed by atoms with Crippen LogP contribution in [0.4, 0.5) is 5.82 Å². The van der Waals surface area contributed by atoms with E-state index >= 15 is 0 Å². The van der Waals surface area contributed by atoms with Gasteiger partial charge in [-0.3, -0.25) is 4.68 Å². The minimum Gasteiger partial charge on any atom is -0.384 e. The average molecular weight is 261 g/mol. The molecule has 5 heteroatoms. The highest BCUT2D eigenvalue weighted by Gasteiger charge is 2.12. The number of aryl methyl sites for hydroxylation is 2. The second-order valence-electron chi connectivity index (χ2n) is 4.39. The summed E-state index contributed by atoms with van der Waals surface area (Å²) in [5.41, 5.74) is 8.86. The molecule has 0 radical (unpaired) electrons. The second-order valence-corrected chi connectivity index (χ2v) is 4.83. The third kappa shape index (κ3) is 1.57. The van der Waals surface area contributed by atoms with Gasteiger partial charge in [0.1, 0.15) is 5.82 Å². The van der Waals surface area contributed by atoms with Crippen LogP contribution < -0.4 is 5.73 Å². The van der Waals surface area contributed by atoms with Crippen molar-refractivity contribution >= 4 is 28.3 Å². The summed E-state index contributed by atoms with van der Waals surface area (Å²) >= 11 is 6.06. The number of aromatic nitrogens is 3. The topological polar surface area (TPSA) is 48.8 Å². The molecule has 0 atom stereocenters. The number of hydrogen-bond donors (Lipinski definition) is 1. The first-order chi connectivity index (χ1) is 8.56. The van der Waals surface area contributed by atoms with E-state index in [0.717, 1.165) is 27.2 Å². The molecule has 0 amide bonds. The number of rotatable bonds is 1. The van der Waals surface area contributed by atoms with Crippen molar-refractivity contribution in [1.29, 1.82) is 0 Å². The number of nitrogens with zero attached hydrogens (tertiary/aromatic N) is 3. The molecule has 3 aromatic rings. The van der Waals surface area contributed by atoms with Crippen LogP contribution in [0.2, 0.25) is 5.02 Å². The molecule has 18 heavy (non-hydrogen) atoms. The molecular weight excluding hydrogens is 248 g/mol. The van der Waals surface area contributed by atoms with Gasteiger partial charge in [0.2, 0.25) is 0 Å². The van der Waals surface area contributed by atoms with Gasteiger partial charge in [0.25, 0.3) is 0 Å². The molecule has 0 unspecified atom stereocenters. The maximum Gasteiger partial charge on any atom is 0.121 e. The molecule has 0 aliphatic heterocycles. The Kier molecular flexibility index (Phi) is 2.35. The minimum absolute atomic E-state index is 0.643. The fraction of sp³-hybridized carbons (Fsp3) is 0.154. The molecule has 1 aromatic carbocycles. The number of nitrogen functional groups attached to an aromatic ring is 1. The third-order valence-corrected chi connectivity index (χ3v) is 3.38. The van der Waals surface area contributed by atoms with Gasteiger partial charge in [0.05, 0.1) is 5.69 Å². The smallest absolute Gasteiger partial charge is 0.121 e. The average Bonchev–Trinajstić information content (AvgIpc) is 2.81. The van der Waals surface area contributed by atoms with E-state index in [0.29, 0.717) is 5.82 Å². The Labute approximate surface area is 110 Å². The number of anilines is 1. The van der Waals surface area contributed by atoms with Crippen molar-refractivity contribution in [2.45, 2.75) is 0 Å². The van der Waals surface area contributed by atoms with E-state index in [9.17, 15) is 0 Å². The van der Waals surface area contributed by atoms with Gasteiger partial charge < -0.3 is 10.3 Å². The minimum atomic E-state index is 0.643. The number of fused-ring (bicyclic) bond motifs is 1. The van der Waals surface area contributed by atoms with E-state index < -0.39 is 0 Å². The second kappa shape index (κ2) is 3.78. The van der Waals surface area contributed by atoms with Gasteiger partial charge in [-0.15, -0.1) is 0 Å². The van der Waals surface area contributed by atoms with Crippen LogP contribution in [0, 0.1) is 0 Å². The van der Waals surface area contributed by atoms with E-state index in [4.69, 9.17) is 17.3 Å². The van der Waals surface area contributed by atoms with Crippen LogP contribution in [0.3, 0.4) is 0 Å². The molecule has 0 fully saturated rings. The van der Waals surface area contributed by atoms with Crippen molar-refractivity contribution in [3.05, 3.63) is 35.5 Å². The monoisotopic (exact) mass is 260 g/mol. The Morgan fingerprint density at radius 2 is 2.00 bits per heavy atom. The van der Waals surface area contributed by atoms with Crippen molar-refractivity contribution in [3.8, 4) is 11.3 Å². The zero-order valence-corrected chi connectivity index (χ0v) is 10.9. The molecule has 0 saturated carbocycles. The predicted molar refractivity (Wildman–Crippen MR) is 74.5 cm³/mol. The van der Waals surface area contributed by atoms with E-state index in [2.05, 4.69) is 9.67 Å². The summed E-state index contributed by atoms with van der Waals surface area (Å²) < 4.78 is 3.73. The lowest BCUT2D eigenvalue weighted by atomic mass is 10.1. The van der Waals surface area contributed by atoms with Crippen LogP contribution in [0.1, 0.15) is 0 Å². The number of benzene rings is 1. The zero-order chi connectivity index (χ0) is 12.9. The molecule has 0 spiro atoms. The molecule has 2 N–H and O–H groups in total. The van der Waals surface area contributed by atoms with E-state index in [-0.39, 0.29) is 0 Å². The molecule has 0 aliphatic carbocycles. The van der Waals surface area contributed by atoms with E-state index in [1.54, 1.807) is 4.68 Å². The molecule has 0 saturated heterocycles. The Hall–Kier alpha value is -1.94. The Morgan fingerprint density at radius 1 is 1.22 bits per heavy atom. The summed E-state index contributed by atoms with van der Waals surface area (Å²) in [7, 11) is 3.84. The quantitative estimate of drug-likeness (QED) is 0.731. The molecular formula is C13H13ClN4. The van der Waals surface area contributed by atoms with Crippen molar-refractivity contribution in [1.82, 2.24) is 14.3 Å². The van der Waals surface area contributed by atoms with Crippen molar-refractivity contribution in [2.75, 3.05) is 5.73 Å². The van der Waals surface area contributed by atoms with Gasteiger partial charge in [0, 0.05) is 47.8 Å². The fourth-order valence-corrected chi connectivity index (χ4v) is 2.35. The molecule has 0 bridgehead atoms. The normalized spacial score (nSPS) is 11.3. The van der Waals surface area contributed by atoms with Gasteiger partial charge in [0.15, 0.2) is 0 Å². The highest BCUT2D eigenvalue weighted by molar-refractivity contribution is 6.31. The van der Waals surface area contributed by atoms with Gasteiger partial charge in [-0.1, -0.05) is 11.6 Å². The lowest BCUT2D eigenvalue weighted by Crippen LogP contribution is -1.96. The third-order valence-electron chi connectivity index (χ3n) is 3.14. The standard InChI is InChI=1S/C13H13ClN4/c1-17-7-10(11-6-13(15)18(2)16-11)9-5-8(14)3-4-12(9)17/h3-7H,15H2,1-2H3. The van der Waals surface area contributed by atoms with Gasteiger partial charge >= 0.3 is 0 Å². The number of halogens is 1. The van der Waals surface area contributed by atoms with Crippen molar-refractivity contribution in [3.63, 3.8) is 0 Å². The lowest BCUT2D eigenvalue weighted by molar-refractivity contribution is 0.782. The highest BCUT2D eigenvalue weighted by atomic mass is 35.5. The SMILES string of the molecule is Cn1nc(-c2cn(C)c3ccc(Cl)cc23)cc1N. The first-order valence-corrected chi connectivity index (χ1v) is 5.98. The summed E-state index contributed by atoms with van der Waals surface area (Å²) in [6.45, 7) is 0. The molecule has 92 valence electrons. The Balaban J connectivity index is 2.32. The predicted octanol–water partition coefficient (Wildman–Crippen LogP) is 2.81. The van der Waals surface area contributed by atoms with Gasteiger partial charge in [-0.25, -0.2) is 0 Å². The highest BCUT2D eigenvalue weighted by Crippen LogP contribution is 2.31. The summed E-state index contributed by atoms with van der Waals surface area (Å²) in [6.07, 6.45) is 2.04. The van der Waals surface area contributed by atoms with Crippen LogP contribution in [0.25, 0.3) is 22.2 Å². The Bertz CT molecular complexity index is 719. The van der Waals surface area contributed by atoms with Crippen molar-refractivity contribution < 1.29 is 0 Å². The molecule has 3 rings (SSSR count). The largest absolute Gasteiger partial charge is 0.384 e. The number of hydrogen-bond acceptors (Lipinski definition) is 2. The van der Waals surface area contributed by atoms with Crippen LogP contribution in [-0.2, 0) is 14.1 Å². The molecule has 0 aliphatic rings. The summed E-state index contributed by atoms with van der Waals surface area (Å²) in [5.74, 6) is 0.643. The van der Waals surface area contributed by atoms with Crippen molar-refractivity contribution in [2.24, 2.45) is 14.1 Å². The lowest BCUT2D eigenvalue weighted by Gasteiger charge is -1.96. The maximum absolute atomic E-state index is 6.06. The van der Waals surface area contributed by atoms with E-state index in [1.165, 1.54) is 0 Å². The first kappa shape index (κ1) is 11.2. The Morgan fingerprint density at radius 3 is 2.67 bits per heavy atom. The van der Waals surface area contributed by atoms with Gasteiger partial charge in [-0.05, 0) is 18.2 Å². The van der Waals surface area contributed by atoms with E-state index in [1.807, 2.05) is 44.6 Å². The van der Waals surface area contributed by atoms with Crippen LogP contribution in [0.5, 0.6) is 0 Å². The molecule has 2 heterocycles. The first-order valence-electron chi connectivity index (χ1n) is 5.61. The molecule has 2 aromatic heterocycles. The molecule has 4 nitrogen and oxygen atoms in total. The number of nitrogens with two attached hydrogens (primary N) is 1. The fourth-order valence-electron chi connectivity index (χ4n) is 2.18. The summed E-state index contributed by atoms with van der Waals surface area (Å²) in [6, 6.07) is 7.72. The van der Waals surface area contributed by atoms with Gasteiger partial charge in [-0.2, -0.15) is 5.10 Å². The maximum atomic E-state index is 6.06. The van der Waals surface area contributed by atoms with Crippen LogP contribution >= 0.6 is 11.6 Å². The summed E-state index contributed by atoms with van der Waals surface area (Å²) in [4.78, 5) is 0. The van der Waals surface area contributed by atoms with Crippen LogP contribution in [0.15, 0.2) is 30.5 Å². The summed E-state index contributed by atoms with van der Waals surface area (Å²) in [5, 5.41) is 6.22.